The Morgan fingerprint density at radius 1 is 1.12 bits per heavy atom. The van der Waals surface area contributed by atoms with Crippen LogP contribution in [0.1, 0.15) is 16.8 Å². The second-order valence-corrected chi connectivity index (χ2v) is 6.15. The van der Waals surface area contributed by atoms with Gasteiger partial charge in [0, 0.05) is 30.3 Å². The highest BCUT2D eigenvalue weighted by Gasteiger charge is 2.28. The van der Waals surface area contributed by atoms with Gasteiger partial charge in [0.1, 0.15) is 30.3 Å². The average molecular weight is 352 g/mol. The third-order valence-corrected chi connectivity index (χ3v) is 4.36. The van der Waals surface area contributed by atoms with E-state index < -0.39 is 0 Å². The fourth-order valence-corrected chi connectivity index (χ4v) is 3.03. The maximum absolute atomic E-state index is 13.2. The van der Waals surface area contributed by atoms with Gasteiger partial charge in [0.25, 0.3) is 5.91 Å². The molecular formula is C19H17FN4O2. The van der Waals surface area contributed by atoms with Gasteiger partial charge in [0.05, 0.1) is 6.54 Å². The van der Waals surface area contributed by atoms with E-state index in [4.69, 9.17) is 4.74 Å². The van der Waals surface area contributed by atoms with E-state index in [0.717, 1.165) is 12.1 Å². The Morgan fingerprint density at radius 2 is 1.88 bits per heavy atom. The average Bonchev–Trinajstić information content (AvgIpc) is 3.33. The third kappa shape index (κ3) is 3.42. The Bertz CT molecular complexity index is 896. The van der Waals surface area contributed by atoms with Crippen molar-refractivity contribution in [1.29, 1.82) is 0 Å². The molecule has 7 heteroatoms. The number of ether oxygens (including phenoxy) is 1. The molecule has 1 aromatic heterocycles. The summed E-state index contributed by atoms with van der Waals surface area (Å²) in [6.07, 6.45) is 3.80. The van der Waals surface area contributed by atoms with Gasteiger partial charge in [-0.05, 0) is 36.4 Å². The monoisotopic (exact) mass is 352 g/mol. The Hall–Kier alpha value is -3.22. The summed E-state index contributed by atoms with van der Waals surface area (Å²) in [5.41, 5.74) is 1.51. The van der Waals surface area contributed by atoms with Crippen molar-refractivity contribution in [2.24, 2.45) is 0 Å². The molecule has 0 bridgehead atoms. The molecule has 2 aromatic carbocycles. The minimum Gasteiger partial charge on any atom is -0.488 e. The van der Waals surface area contributed by atoms with E-state index in [2.05, 4.69) is 10.2 Å². The van der Waals surface area contributed by atoms with Crippen molar-refractivity contribution in [3.63, 3.8) is 0 Å². The van der Waals surface area contributed by atoms with Crippen LogP contribution in [0.15, 0.2) is 61.2 Å². The molecule has 132 valence electrons. The van der Waals surface area contributed by atoms with Gasteiger partial charge in [-0.15, -0.1) is 10.2 Å². The molecule has 0 spiro atoms. The molecular weight excluding hydrogens is 335 g/mol. The second kappa shape index (κ2) is 6.95. The highest BCUT2D eigenvalue weighted by atomic mass is 19.1. The number of halogens is 1. The standard InChI is InChI=1S/C19H17FN4O2/c20-15-2-1-3-17(10-15)26-18-8-9-23(11-18)19(25)14-4-6-16(7-5-14)24-12-21-22-13-24/h1-7,10,12-13,18H,8-9,11H2. The lowest BCUT2D eigenvalue weighted by atomic mass is 10.2. The summed E-state index contributed by atoms with van der Waals surface area (Å²) in [5, 5.41) is 7.54. The van der Waals surface area contributed by atoms with E-state index in [0.29, 0.717) is 24.4 Å². The number of hydrogen-bond donors (Lipinski definition) is 0. The SMILES string of the molecule is O=C(c1ccc(-n2cnnc2)cc1)N1CCC(Oc2cccc(F)c2)C1. The first-order valence-electron chi connectivity index (χ1n) is 8.35. The van der Waals surface area contributed by atoms with Crippen molar-refractivity contribution in [3.05, 3.63) is 72.6 Å². The van der Waals surface area contributed by atoms with Crippen LogP contribution in [-0.4, -0.2) is 44.8 Å². The van der Waals surface area contributed by atoms with Gasteiger partial charge in [-0.3, -0.25) is 9.36 Å². The van der Waals surface area contributed by atoms with E-state index in [1.165, 1.54) is 12.1 Å². The molecule has 0 N–H and O–H groups in total. The molecule has 0 radical (unpaired) electrons. The maximum Gasteiger partial charge on any atom is 0.253 e. The van der Waals surface area contributed by atoms with Crippen LogP contribution in [0.25, 0.3) is 5.69 Å². The maximum atomic E-state index is 13.2. The van der Waals surface area contributed by atoms with Crippen LogP contribution in [0, 0.1) is 5.82 Å². The van der Waals surface area contributed by atoms with Gasteiger partial charge < -0.3 is 9.64 Å². The largest absolute Gasteiger partial charge is 0.488 e. The molecule has 6 nitrogen and oxygen atoms in total. The Morgan fingerprint density at radius 3 is 2.62 bits per heavy atom. The Balaban J connectivity index is 1.39. The summed E-state index contributed by atoms with van der Waals surface area (Å²) in [6.45, 7) is 1.11. The zero-order chi connectivity index (χ0) is 17.9. The van der Waals surface area contributed by atoms with Gasteiger partial charge in [-0.25, -0.2) is 4.39 Å². The summed E-state index contributed by atoms with van der Waals surface area (Å²) in [6, 6.07) is 13.4. The molecule has 0 aliphatic carbocycles. The quantitative estimate of drug-likeness (QED) is 0.724. The van der Waals surface area contributed by atoms with E-state index in [-0.39, 0.29) is 17.8 Å². The molecule has 26 heavy (non-hydrogen) atoms. The highest BCUT2D eigenvalue weighted by Crippen LogP contribution is 2.21. The van der Waals surface area contributed by atoms with Crippen molar-refractivity contribution in [2.75, 3.05) is 13.1 Å². The molecule has 1 saturated heterocycles. The van der Waals surface area contributed by atoms with Crippen LogP contribution in [0.4, 0.5) is 4.39 Å². The minimum atomic E-state index is -0.332. The van der Waals surface area contributed by atoms with Gasteiger partial charge in [-0.2, -0.15) is 0 Å². The van der Waals surface area contributed by atoms with Crippen LogP contribution >= 0.6 is 0 Å². The van der Waals surface area contributed by atoms with E-state index in [1.807, 2.05) is 12.1 Å². The molecule has 1 atom stereocenters. The third-order valence-electron chi connectivity index (χ3n) is 4.36. The zero-order valence-corrected chi connectivity index (χ0v) is 14.0. The Labute approximate surface area is 149 Å². The highest BCUT2D eigenvalue weighted by molar-refractivity contribution is 5.94. The molecule has 2 heterocycles. The second-order valence-electron chi connectivity index (χ2n) is 6.15. The lowest BCUT2D eigenvalue weighted by Gasteiger charge is -2.17. The van der Waals surface area contributed by atoms with Crippen LogP contribution in [0.2, 0.25) is 0 Å². The smallest absolute Gasteiger partial charge is 0.253 e. The van der Waals surface area contributed by atoms with Crippen LogP contribution in [0.3, 0.4) is 0 Å². The molecule has 1 aliphatic heterocycles. The van der Waals surface area contributed by atoms with Crippen molar-refractivity contribution in [3.8, 4) is 11.4 Å². The van der Waals surface area contributed by atoms with Gasteiger partial charge >= 0.3 is 0 Å². The number of hydrogen-bond acceptors (Lipinski definition) is 4. The number of nitrogens with zero attached hydrogens (tertiary/aromatic N) is 4. The minimum absolute atomic E-state index is 0.0364. The number of carbonyl (C=O) groups is 1. The molecule has 3 aromatic rings. The summed E-state index contributed by atoms with van der Waals surface area (Å²) in [5.74, 6) is 0.120. The summed E-state index contributed by atoms with van der Waals surface area (Å²) in [4.78, 5) is 14.4. The molecule has 1 amide bonds. The normalized spacial score (nSPS) is 16.7. The van der Waals surface area contributed by atoms with Gasteiger partial charge in [-0.1, -0.05) is 6.07 Å². The first kappa shape index (κ1) is 16.3. The summed E-state index contributed by atoms with van der Waals surface area (Å²) in [7, 11) is 0. The van der Waals surface area contributed by atoms with E-state index >= 15 is 0 Å². The van der Waals surface area contributed by atoms with Crippen LogP contribution < -0.4 is 4.74 Å². The zero-order valence-electron chi connectivity index (χ0n) is 14.0. The molecule has 0 saturated carbocycles. The van der Waals surface area contributed by atoms with Crippen molar-refractivity contribution in [1.82, 2.24) is 19.7 Å². The van der Waals surface area contributed by atoms with Crippen molar-refractivity contribution >= 4 is 5.91 Å². The Kier molecular flexibility index (Phi) is 4.35. The lowest BCUT2D eigenvalue weighted by molar-refractivity contribution is 0.0772. The summed E-state index contributed by atoms with van der Waals surface area (Å²) < 4.78 is 20.8. The van der Waals surface area contributed by atoms with Crippen molar-refractivity contribution < 1.29 is 13.9 Å². The molecule has 4 rings (SSSR count). The fourth-order valence-electron chi connectivity index (χ4n) is 3.03. The van der Waals surface area contributed by atoms with Crippen molar-refractivity contribution in [2.45, 2.75) is 12.5 Å². The first-order chi connectivity index (χ1) is 12.7. The topological polar surface area (TPSA) is 60.2 Å². The van der Waals surface area contributed by atoms with E-state index in [1.54, 1.807) is 46.4 Å². The fraction of sp³-hybridized carbons (Fsp3) is 0.211. The number of benzene rings is 2. The number of rotatable bonds is 4. The van der Waals surface area contributed by atoms with Gasteiger partial charge in [0.2, 0.25) is 0 Å². The molecule has 1 fully saturated rings. The van der Waals surface area contributed by atoms with Crippen LogP contribution in [-0.2, 0) is 0 Å². The number of likely N-dealkylation sites (tertiary alicyclic amines) is 1. The van der Waals surface area contributed by atoms with E-state index in [9.17, 15) is 9.18 Å². The summed E-state index contributed by atoms with van der Waals surface area (Å²) >= 11 is 0. The van der Waals surface area contributed by atoms with Gasteiger partial charge in [0.15, 0.2) is 0 Å². The molecule has 1 aliphatic rings. The number of aromatic nitrogens is 3. The van der Waals surface area contributed by atoms with Crippen LogP contribution in [0.5, 0.6) is 5.75 Å². The number of carbonyl (C=O) groups excluding carboxylic acids is 1. The first-order valence-corrected chi connectivity index (χ1v) is 8.35. The predicted octanol–water partition coefficient (Wildman–Crippen LogP) is 2.70. The number of amides is 1. The molecule has 1 unspecified atom stereocenters. The lowest BCUT2D eigenvalue weighted by Crippen LogP contribution is -2.30. The predicted molar refractivity (Wildman–Crippen MR) is 92.7 cm³/mol.